The van der Waals surface area contributed by atoms with Crippen molar-refractivity contribution >= 4 is 23.5 Å². The van der Waals surface area contributed by atoms with Crippen LogP contribution in [0.2, 0.25) is 0 Å². The summed E-state index contributed by atoms with van der Waals surface area (Å²) >= 11 is 0. The molecule has 0 N–H and O–H groups in total. The first-order chi connectivity index (χ1) is 8.72. The Hall–Kier alpha value is -1.72. The molecule has 0 saturated heterocycles. The SMILES string of the molecule is CCC(C)OC(=O)CC(C)=O.COC(=O)CC(C)=O. The van der Waals surface area contributed by atoms with Crippen molar-refractivity contribution in [3.8, 4) is 0 Å². The van der Waals surface area contributed by atoms with Crippen molar-refractivity contribution in [1.29, 1.82) is 0 Å². The molecule has 19 heavy (non-hydrogen) atoms. The van der Waals surface area contributed by atoms with Crippen LogP contribution in [0.1, 0.15) is 47.0 Å². The summed E-state index contributed by atoms with van der Waals surface area (Å²) in [6.07, 6.45) is 0.478. The number of esters is 2. The maximum Gasteiger partial charge on any atom is 0.313 e. The Balaban J connectivity index is 0. The molecule has 0 amide bonds. The lowest BCUT2D eigenvalue weighted by molar-refractivity contribution is -0.150. The fourth-order valence-corrected chi connectivity index (χ4v) is 0.828. The van der Waals surface area contributed by atoms with Gasteiger partial charge in [0, 0.05) is 0 Å². The molecular formula is C13H22O6. The lowest BCUT2D eigenvalue weighted by atomic mass is 10.3. The van der Waals surface area contributed by atoms with Gasteiger partial charge in [0.15, 0.2) is 0 Å². The average molecular weight is 274 g/mol. The van der Waals surface area contributed by atoms with Crippen LogP contribution in [0, 0.1) is 0 Å². The lowest BCUT2D eigenvalue weighted by Gasteiger charge is -2.08. The normalized spacial score (nSPS) is 10.6. The number of rotatable bonds is 6. The molecule has 6 heteroatoms. The molecule has 0 radical (unpaired) electrons. The number of carbonyl (C=O) groups excluding carboxylic acids is 4. The van der Waals surface area contributed by atoms with Crippen LogP contribution >= 0.6 is 0 Å². The van der Waals surface area contributed by atoms with E-state index in [0.29, 0.717) is 0 Å². The summed E-state index contributed by atoms with van der Waals surface area (Å²) in [6.45, 7) is 6.44. The molecule has 110 valence electrons. The third-order valence-corrected chi connectivity index (χ3v) is 1.92. The van der Waals surface area contributed by atoms with Crippen LogP contribution < -0.4 is 0 Å². The highest BCUT2D eigenvalue weighted by Gasteiger charge is 2.09. The zero-order chi connectivity index (χ0) is 15.4. The number of carbonyl (C=O) groups is 4. The molecule has 0 bridgehead atoms. The summed E-state index contributed by atoms with van der Waals surface area (Å²) in [6, 6.07) is 0. The molecule has 0 aliphatic rings. The second-order valence-electron chi connectivity index (χ2n) is 4.04. The highest BCUT2D eigenvalue weighted by atomic mass is 16.5. The minimum atomic E-state index is -0.475. The molecule has 0 heterocycles. The van der Waals surface area contributed by atoms with E-state index >= 15 is 0 Å². The molecule has 1 atom stereocenters. The van der Waals surface area contributed by atoms with Crippen molar-refractivity contribution in [1.82, 2.24) is 0 Å². The molecule has 0 aromatic heterocycles. The van der Waals surface area contributed by atoms with Gasteiger partial charge in [-0.25, -0.2) is 0 Å². The predicted molar refractivity (Wildman–Crippen MR) is 68.5 cm³/mol. The Morgan fingerprint density at radius 2 is 1.37 bits per heavy atom. The van der Waals surface area contributed by atoms with Crippen molar-refractivity contribution in [3.63, 3.8) is 0 Å². The van der Waals surface area contributed by atoms with Crippen molar-refractivity contribution in [2.75, 3.05) is 7.11 Å². The smallest absolute Gasteiger partial charge is 0.313 e. The first-order valence-corrected chi connectivity index (χ1v) is 5.98. The molecule has 0 rings (SSSR count). The largest absolute Gasteiger partial charge is 0.469 e. The second-order valence-corrected chi connectivity index (χ2v) is 4.04. The summed E-state index contributed by atoms with van der Waals surface area (Å²) in [5.41, 5.74) is 0. The van der Waals surface area contributed by atoms with Gasteiger partial charge in [-0.1, -0.05) is 6.92 Å². The molecule has 0 fully saturated rings. The molecular weight excluding hydrogens is 252 g/mol. The van der Waals surface area contributed by atoms with E-state index < -0.39 is 11.9 Å². The Labute approximate surface area is 113 Å². The third-order valence-electron chi connectivity index (χ3n) is 1.92. The highest BCUT2D eigenvalue weighted by molar-refractivity contribution is 5.94. The maximum atomic E-state index is 10.8. The number of hydrogen-bond acceptors (Lipinski definition) is 6. The number of ketones is 2. The minimum Gasteiger partial charge on any atom is -0.469 e. The molecule has 0 aromatic carbocycles. The first kappa shape index (κ1) is 19.6. The molecule has 0 spiro atoms. The minimum absolute atomic E-state index is 0.0816. The Kier molecular flexibility index (Phi) is 11.7. The van der Waals surface area contributed by atoms with Crippen molar-refractivity contribution in [2.24, 2.45) is 0 Å². The molecule has 0 aliphatic carbocycles. The number of Topliss-reactive ketones (excluding diaryl/α,β-unsaturated/α-hetero) is 2. The maximum absolute atomic E-state index is 10.8. The number of hydrogen-bond donors (Lipinski definition) is 0. The fraction of sp³-hybridized carbons (Fsp3) is 0.692. The fourth-order valence-electron chi connectivity index (χ4n) is 0.828. The Morgan fingerprint density at radius 1 is 0.947 bits per heavy atom. The Morgan fingerprint density at radius 3 is 1.63 bits per heavy atom. The van der Waals surface area contributed by atoms with Gasteiger partial charge in [0.25, 0.3) is 0 Å². The van der Waals surface area contributed by atoms with Crippen molar-refractivity contribution < 1.29 is 28.7 Å². The summed E-state index contributed by atoms with van der Waals surface area (Å²) in [5.74, 6) is -1.22. The summed E-state index contributed by atoms with van der Waals surface area (Å²) in [7, 11) is 1.26. The van der Waals surface area contributed by atoms with E-state index in [9.17, 15) is 19.2 Å². The molecule has 0 saturated carbocycles. The monoisotopic (exact) mass is 274 g/mol. The molecule has 1 unspecified atom stereocenters. The Bertz CT molecular complexity index is 321. The predicted octanol–water partition coefficient (Wildman–Crippen LogP) is 1.45. The van der Waals surface area contributed by atoms with Gasteiger partial charge in [-0.15, -0.1) is 0 Å². The van der Waals surface area contributed by atoms with Crippen LogP contribution in [-0.2, 0) is 28.7 Å². The van der Waals surface area contributed by atoms with E-state index in [1.807, 2.05) is 6.92 Å². The standard InChI is InChI=1S/C8H14O3.C5H8O3/c1-4-7(3)11-8(10)5-6(2)9;1-4(6)3-5(7)8-2/h7H,4-5H2,1-3H3;3H2,1-2H3. The van der Waals surface area contributed by atoms with Crippen LogP contribution in [0.3, 0.4) is 0 Å². The van der Waals surface area contributed by atoms with Crippen LogP contribution in [-0.4, -0.2) is 36.7 Å². The topological polar surface area (TPSA) is 86.7 Å². The van der Waals surface area contributed by atoms with Gasteiger partial charge in [-0.3, -0.25) is 19.2 Å². The zero-order valence-corrected chi connectivity index (χ0v) is 12.1. The van der Waals surface area contributed by atoms with Crippen LogP contribution in [0.25, 0.3) is 0 Å². The van der Waals surface area contributed by atoms with Gasteiger partial charge in [0.2, 0.25) is 0 Å². The molecule has 0 aliphatic heterocycles. The zero-order valence-electron chi connectivity index (χ0n) is 12.1. The summed E-state index contributed by atoms with van der Waals surface area (Å²) < 4.78 is 9.05. The quantitative estimate of drug-likeness (QED) is 0.538. The van der Waals surface area contributed by atoms with Crippen molar-refractivity contribution in [3.05, 3.63) is 0 Å². The van der Waals surface area contributed by atoms with Crippen LogP contribution in [0.4, 0.5) is 0 Å². The first-order valence-electron chi connectivity index (χ1n) is 5.98. The highest BCUT2D eigenvalue weighted by Crippen LogP contribution is 1.98. The van der Waals surface area contributed by atoms with Gasteiger partial charge < -0.3 is 9.47 Å². The van der Waals surface area contributed by atoms with Crippen LogP contribution in [0.15, 0.2) is 0 Å². The van der Waals surface area contributed by atoms with Gasteiger partial charge in [0.1, 0.15) is 24.4 Å². The van der Waals surface area contributed by atoms with Gasteiger partial charge in [0.05, 0.1) is 13.2 Å². The van der Waals surface area contributed by atoms with Crippen LogP contribution in [0.5, 0.6) is 0 Å². The summed E-state index contributed by atoms with van der Waals surface area (Å²) in [4.78, 5) is 41.5. The number of methoxy groups -OCH3 is 1. The van der Waals surface area contributed by atoms with E-state index in [-0.39, 0.29) is 30.5 Å². The van der Waals surface area contributed by atoms with Gasteiger partial charge >= 0.3 is 11.9 Å². The second kappa shape index (κ2) is 11.4. The molecule has 0 aromatic rings. The third kappa shape index (κ3) is 16.3. The van der Waals surface area contributed by atoms with Gasteiger partial charge in [-0.05, 0) is 27.2 Å². The van der Waals surface area contributed by atoms with Gasteiger partial charge in [-0.2, -0.15) is 0 Å². The van der Waals surface area contributed by atoms with Crippen molar-refractivity contribution in [2.45, 2.75) is 53.1 Å². The van der Waals surface area contributed by atoms with E-state index in [2.05, 4.69) is 4.74 Å². The van der Waals surface area contributed by atoms with E-state index in [1.165, 1.54) is 21.0 Å². The van der Waals surface area contributed by atoms with E-state index in [1.54, 1.807) is 6.92 Å². The van der Waals surface area contributed by atoms with E-state index in [0.717, 1.165) is 6.42 Å². The molecule has 6 nitrogen and oxygen atoms in total. The van der Waals surface area contributed by atoms with E-state index in [4.69, 9.17) is 4.74 Å². The number of ether oxygens (including phenoxy) is 2. The lowest BCUT2D eigenvalue weighted by Crippen LogP contribution is -2.15. The average Bonchev–Trinajstić information content (AvgIpc) is 2.27. The summed E-state index contributed by atoms with van der Waals surface area (Å²) in [5, 5.41) is 0.